The van der Waals surface area contributed by atoms with Crippen LogP contribution < -0.4 is 5.32 Å². The number of nitrogens with zero attached hydrogens (tertiary/aromatic N) is 2. The van der Waals surface area contributed by atoms with Crippen LogP contribution in [-0.2, 0) is 25.8 Å². The average molecular weight is 498 g/mol. The van der Waals surface area contributed by atoms with Crippen LogP contribution in [0.4, 0.5) is 13.2 Å². The molecule has 33 heavy (non-hydrogen) atoms. The maximum absolute atomic E-state index is 13.2. The van der Waals surface area contributed by atoms with E-state index in [2.05, 4.69) is 10.3 Å². The summed E-state index contributed by atoms with van der Waals surface area (Å²) in [4.78, 5) is 18.3. The number of hydrogen-bond donors (Lipinski definition) is 1. The molecule has 1 N–H and O–H groups in total. The number of oxazole rings is 1. The molecule has 1 aliphatic carbocycles. The van der Waals surface area contributed by atoms with E-state index in [9.17, 15) is 18.0 Å². The molecule has 3 aromatic rings. The second-order valence-electron chi connectivity index (χ2n) is 7.93. The molecule has 1 saturated carbocycles. The summed E-state index contributed by atoms with van der Waals surface area (Å²) >= 11 is 12.5. The van der Waals surface area contributed by atoms with Crippen molar-refractivity contribution in [2.24, 2.45) is 0 Å². The first-order valence-electron chi connectivity index (χ1n) is 10.3. The Hall–Kier alpha value is -2.55. The van der Waals surface area contributed by atoms with Gasteiger partial charge in [-0.3, -0.25) is 9.69 Å². The van der Waals surface area contributed by atoms with E-state index in [0.29, 0.717) is 21.2 Å². The van der Waals surface area contributed by atoms with Crippen molar-refractivity contribution in [2.45, 2.75) is 44.7 Å². The predicted octanol–water partition coefficient (Wildman–Crippen LogP) is 6.09. The van der Waals surface area contributed by atoms with Crippen LogP contribution in [-0.4, -0.2) is 21.8 Å². The van der Waals surface area contributed by atoms with Crippen molar-refractivity contribution in [3.05, 3.63) is 87.0 Å². The monoisotopic (exact) mass is 497 g/mol. The second kappa shape index (κ2) is 9.75. The van der Waals surface area contributed by atoms with Gasteiger partial charge < -0.3 is 9.73 Å². The van der Waals surface area contributed by atoms with Crippen LogP contribution in [0.3, 0.4) is 0 Å². The fourth-order valence-corrected chi connectivity index (χ4v) is 3.73. The Morgan fingerprint density at radius 2 is 1.88 bits per heavy atom. The van der Waals surface area contributed by atoms with E-state index in [1.54, 1.807) is 24.3 Å². The van der Waals surface area contributed by atoms with Gasteiger partial charge in [-0.25, -0.2) is 4.98 Å². The Morgan fingerprint density at radius 1 is 1.12 bits per heavy atom. The molecule has 4 rings (SSSR count). The van der Waals surface area contributed by atoms with E-state index >= 15 is 0 Å². The first-order chi connectivity index (χ1) is 15.7. The van der Waals surface area contributed by atoms with Crippen LogP contribution in [0, 0.1) is 0 Å². The van der Waals surface area contributed by atoms with E-state index in [0.717, 1.165) is 25.0 Å². The Bertz CT molecular complexity index is 1150. The largest absolute Gasteiger partial charge is 0.447 e. The van der Waals surface area contributed by atoms with Gasteiger partial charge in [-0.05, 0) is 36.1 Å². The van der Waals surface area contributed by atoms with Crippen molar-refractivity contribution in [3.63, 3.8) is 0 Å². The van der Waals surface area contributed by atoms with Gasteiger partial charge in [0.15, 0.2) is 5.69 Å². The molecule has 0 saturated heterocycles. The summed E-state index contributed by atoms with van der Waals surface area (Å²) in [5.41, 5.74) is 0.600. The minimum atomic E-state index is -4.44. The third-order valence-corrected chi connectivity index (χ3v) is 6.00. The zero-order chi connectivity index (χ0) is 23.6. The number of hydrogen-bond acceptors (Lipinski definition) is 4. The topological polar surface area (TPSA) is 58.4 Å². The van der Waals surface area contributed by atoms with Crippen molar-refractivity contribution >= 4 is 29.1 Å². The molecule has 1 fully saturated rings. The number of aromatic nitrogens is 1. The summed E-state index contributed by atoms with van der Waals surface area (Å²) in [5, 5.41) is 3.58. The quantitative estimate of drug-likeness (QED) is 0.408. The molecule has 174 valence electrons. The van der Waals surface area contributed by atoms with Crippen molar-refractivity contribution in [2.75, 3.05) is 0 Å². The van der Waals surface area contributed by atoms with Gasteiger partial charge in [0, 0.05) is 19.1 Å². The lowest BCUT2D eigenvalue weighted by Crippen LogP contribution is -2.26. The number of carbonyl (C=O) groups excluding carboxylic acids is 1. The minimum Gasteiger partial charge on any atom is -0.447 e. The highest BCUT2D eigenvalue weighted by molar-refractivity contribution is 6.42. The maximum Gasteiger partial charge on any atom is 0.416 e. The summed E-state index contributed by atoms with van der Waals surface area (Å²) in [7, 11) is 0. The molecule has 0 atom stereocenters. The lowest BCUT2D eigenvalue weighted by atomic mass is 10.1. The van der Waals surface area contributed by atoms with Crippen molar-refractivity contribution in [3.8, 4) is 0 Å². The third-order valence-electron chi connectivity index (χ3n) is 5.14. The Balaban J connectivity index is 1.55. The molecule has 1 heterocycles. The minimum absolute atomic E-state index is 0.149. The smallest absolute Gasteiger partial charge is 0.416 e. The highest BCUT2D eigenvalue weighted by Gasteiger charge is 2.30. The molecule has 0 spiro atoms. The molecule has 0 radical (unpaired) electrons. The molecule has 1 aliphatic rings. The highest BCUT2D eigenvalue weighted by Crippen LogP contribution is 2.31. The lowest BCUT2D eigenvalue weighted by Gasteiger charge is -2.22. The number of amides is 1. The lowest BCUT2D eigenvalue weighted by molar-refractivity contribution is -0.137. The van der Waals surface area contributed by atoms with E-state index in [1.165, 1.54) is 12.3 Å². The van der Waals surface area contributed by atoms with Crippen molar-refractivity contribution in [1.29, 1.82) is 0 Å². The predicted molar refractivity (Wildman–Crippen MR) is 118 cm³/mol. The third kappa shape index (κ3) is 6.28. The molecule has 1 aromatic heterocycles. The van der Waals surface area contributed by atoms with E-state index in [4.69, 9.17) is 27.6 Å². The molecule has 0 unspecified atom stereocenters. The molecule has 5 nitrogen and oxygen atoms in total. The number of halogens is 5. The van der Waals surface area contributed by atoms with Crippen LogP contribution in [0.2, 0.25) is 10.0 Å². The van der Waals surface area contributed by atoms with E-state index in [1.807, 2.05) is 4.90 Å². The van der Waals surface area contributed by atoms with Gasteiger partial charge in [-0.15, -0.1) is 0 Å². The molecular formula is C23H20Cl2F3N3O2. The number of carbonyl (C=O) groups is 1. The molecule has 0 bridgehead atoms. The van der Waals surface area contributed by atoms with Crippen LogP contribution >= 0.6 is 23.2 Å². The molecule has 1 amide bonds. The first-order valence-corrected chi connectivity index (χ1v) is 11.0. The Kier molecular flexibility index (Phi) is 6.97. The number of nitrogens with one attached hydrogen (secondary N) is 1. The molecular weight excluding hydrogens is 478 g/mol. The highest BCUT2D eigenvalue weighted by atomic mass is 35.5. The normalized spacial score (nSPS) is 14.0. The zero-order valence-corrected chi connectivity index (χ0v) is 18.8. The standard InChI is InChI=1S/C23H20Cl2F3N3O2/c24-18-6-2-4-15(21(18)25)11-31(10-14-3-1-5-16(9-14)23(26,27)28)12-20-30-19(13-33-20)22(32)29-17-7-8-17/h1-6,9,13,17H,7-8,10-12H2,(H,29,32). The fraction of sp³-hybridized carbons (Fsp3) is 0.304. The molecule has 0 aliphatic heterocycles. The van der Waals surface area contributed by atoms with Gasteiger partial charge in [0.05, 0.1) is 22.2 Å². The molecule has 10 heteroatoms. The maximum atomic E-state index is 13.2. The number of alkyl halides is 3. The SMILES string of the molecule is O=C(NC1CC1)c1coc(CN(Cc2cccc(C(F)(F)F)c2)Cc2cccc(Cl)c2Cl)n1. The number of benzene rings is 2. The van der Waals surface area contributed by atoms with Crippen LogP contribution in [0.25, 0.3) is 0 Å². The summed E-state index contributed by atoms with van der Waals surface area (Å²) in [6.07, 6.45) is -1.27. The van der Waals surface area contributed by atoms with Gasteiger partial charge in [0.25, 0.3) is 5.91 Å². The Labute approximate surface area is 198 Å². The van der Waals surface area contributed by atoms with Gasteiger partial charge in [-0.1, -0.05) is 53.5 Å². The van der Waals surface area contributed by atoms with E-state index in [-0.39, 0.29) is 43.2 Å². The number of rotatable bonds is 8. The Morgan fingerprint density at radius 3 is 2.61 bits per heavy atom. The molecule has 2 aromatic carbocycles. The van der Waals surface area contributed by atoms with Crippen molar-refractivity contribution in [1.82, 2.24) is 15.2 Å². The van der Waals surface area contributed by atoms with Crippen LogP contribution in [0.15, 0.2) is 53.1 Å². The van der Waals surface area contributed by atoms with Gasteiger partial charge >= 0.3 is 6.18 Å². The van der Waals surface area contributed by atoms with Gasteiger partial charge in [0.1, 0.15) is 6.26 Å². The summed E-state index contributed by atoms with van der Waals surface area (Å²) < 4.78 is 45.0. The summed E-state index contributed by atoms with van der Waals surface area (Å²) in [5.74, 6) is -0.0455. The fourth-order valence-electron chi connectivity index (χ4n) is 3.35. The van der Waals surface area contributed by atoms with Crippen LogP contribution in [0.1, 0.15) is 45.9 Å². The average Bonchev–Trinajstić information content (AvgIpc) is 3.45. The first kappa shape index (κ1) is 23.6. The van der Waals surface area contributed by atoms with Gasteiger partial charge in [0.2, 0.25) is 5.89 Å². The summed E-state index contributed by atoms with van der Waals surface area (Å²) in [6, 6.07) is 10.5. The zero-order valence-electron chi connectivity index (χ0n) is 17.3. The summed E-state index contributed by atoms with van der Waals surface area (Å²) in [6.45, 7) is 0.593. The second-order valence-corrected chi connectivity index (χ2v) is 8.72. The van der Waals surface area contributed by atoms with Crippen LogP contribution in [0.5, 0.6) is 0 Å². The van der Waals surface area contributed by atoms with Crippen molar-refractivity contribution < 1.29 is 22.4 Å². The van der Waals surface area contributed by atoms with E-state index < -0.39 is 11.7 Å². The van der Waals surface area contributed by atoms with Gasteiger partial charge in [-0.2, -0.15) is 13.2 Å².